The Bertz CT molecular complexity index is 1140. The Hall–Kier alpha value is -1.96. The van der Waals surface area contributed by atoms with E-state index >= 15 is 0 Å². The Morgan fingerprint density at radius 1 is 0.284 bits per heavy atom. The van der Waals surface area contributed by atoms with Gasteiger partial charge in [-0.2, -0.15) is 0 Å². The Balaban J connectivity index is 5.64. The summed E-state index contributed by atoms with van der Waals surface area (Å²) in [6.07, 6.45) is 49.1. The highest BCUT2D eigenvalue weighted by Crippen LogP contribution is 2.54. The molecule has 0 rings (SSSR count). The first-order valence-electron chi connectivity index (χ1n) is 29.4. The molecule has 0 radical (unpaired) electrons. The van der Waals surface area contributed by atoms with E-state index in [1.165, 1.54) is 173 Å². The minimum absolute atomic E-state index is 0.191. The summed E-state index contributed by atoms with van der Waals surface area (Å²) in [5.41, 5.74) is -8.46. The van der Waals surface area contributed by atoms with E-state index in [0.29, 0.717) is 32.1 Å². The van der Waals surface area contributed by atoms with E-state index in [1.54, 1.807) is 0 Å². The summed E-state index contributed by atoms with van der Waals surface area (Å²) in [6, 6.07) is 0. The molecule has 8 heteroatoms. The van der Waals surface area contributed by atoms with Gasteiger partial charge in [0, 0.05) is 0 Å². The molecule has 0 saturated heterocycles. The average Bonchev–Trinajstić information content (AvgIpc) is 3.30. The van der Waals surface area contributed by atoms with E-state index in [0.717, 1.165) is 84.0 Å². The quantitative estimate of drug-likeness (QED) is 0.0348. The Kier molecular flexibility index (Phi) is 42.7. The van der Waals surface area contributed by atoms with Crippen LogP contribution in [0.1, 0.15) is 336 Å². The summed E-state index contributed by atoms with van der Waals surface area (Å²) in [5, 5.41) is 45.7. The number of hydrogen-bond acceptors (Lipinski definition) is 5. The van der Waals surface area contributed by atoms with Gasteiger partial charge in [-0.3, -0.25) is 14.4 Å². The fourth-order valence-corrected chi connectivity index (χ4v) is 11.0. The van der Waals surface area contributed by atoms with E-state index in [1.807, 2.05) is 0 Å². The molecule has 0 aliphatic carbocycles. The van der Waals surface area contributed by atoms with Gasteiger partial charge in [-0.1, -0.05) is 310 Å². The van der Waals surface area contributed by atoms with Crippen molar-refractivity contribution in [3.8, 4) is 0 Å². The summed E-state index contributed by atoms with van der Waals surface area (Å²) in [4.78, 5) is 54.5. The maximum Gasteiger partial charge on any atom is 0.338 e. The van der Waals surface area contributed by atoms with Crippen molar-refractivity contribution in [2.45, 2.75) is 341 Å². The molecule has 8 nitrogen and oxygen atoms in total. The van der Waals surface area contributed by atoms with Crippen LogP contribution in [0.3, 0.4) is 0 Å². The summed E-state index contributed by atoms with van der Waals surface area (Å²) < 4.78 is 0. The maximum atomic E-state index is 13.7. The SMILES string of the molecule is CCCCCCCCCCCCCCCCCC(CCCCCCCCCCCCCCCCC)(C(=O)O)C(O)(C(=O)O)C(CCCCCCCCCCCCCCCCC)(C(C)=O)C(=O)O. The normalized spacial score (nSPS) is 13.7. The minimum atomic E-state index is -3.33. The summed E-state index contributed by atoms with van der Waals surface area (Å²) in [7, 11) is 0. The van der Waals surface area contributed by atoms with Gasteiger partial charge in [-0.05, 0) is 26.2 Å². The predicted molar refractivity (Wildman–Crippen MR) is 282 cm³/mol. The van der Waals surface area contributed by atoms with Crippen LogP contribution in [-0.2, 0) is 19.2 Å². The van der Waals surface area contributed by atoms with Gasteiger partial charge in [0.05, 0.1) is 0 Å². The molecule has 396 valence electrons. The number of carbonyl (C=O) groups is 4. The van der Waals surface area contributed by atoms with E-state index in [2.05, 4.69) is 20.8 Å². The molecule has 0 bridgehead atoms. The predicted octanol–water partition coefficient (Wildman–Crippen LogP) is 18.3. The number of aliphatic hydroxyl groups is 1. The van der Waals surface area contributed by atoms with Gasteiger partial charge in [0.1, 0.15) is 5.41 Å². The zero-order valence-corrected chi connectivity index (χ0v) is 44.9. The van der Waals surface area contributed by atoms with Crippen molar-refractivity contribution < 1.29 is 39.6 Å². The molecule has 0 fully saturated rings. The van der Waals surface area contributed by atoms with Crippen molar-refractivity contribution in [2.75, 3.05) is 0 Å². The van der Waals surface area contributed by atoms with Crippen molar-refractivity contribution in [1.29, 1.82) is 0 Å². The van der Waals surface area contributed by atoms with Gasteiger partial charge in [0.15, 0.2) is 11.2 Å². The molecule has 0 aromatic rings. The third-order valence-corrected chi connectivity index (χ3v) is 15.6. The fraction of sp³-hybridized carbons (Fsp3) is 0.932. The molecule has 0 saturated carbocycles. The minimum Gasteiger partial charge on any atom is -0.481 e. The lowest BCUT2D eigenvalue weighted by Gasteiger charge is -2.50. The highest BCUT2D eigenvalue weighted by molar-refractivity contribution is 6.10. The zero-order valence-electron chi connectivity index (χ0n) is 44.9. The lowest BCUT2D eigenvalue weighted by atomic mass is 9.52. The van der Waals surface area contributed by atoms with Gasteiger partial charge in [-0.25, -0.2) is 4.79 Å². The van der Waals surface area contributed by atoms with Crippen molar-refractivity contribution in [1.82, 2.24) is 0 Å². The van der Waals surface area contributed by atoms with Crippen LogP contribution in [0.2, 0.25) is 0 Å². The van der Waals surface area contributed by atoms with Gasteiger partial charge in [0.25, 0.3) is 0 Å². The van der Waals surface area contributed by atoms with E-state index in [-0.39, 0.29) is 19.3 Å². The molecule has 2 atom stereocenters. The third kappa shape index (κ3) is 27.9. The number of aliphatic carboxylic acids is 3. The van der Waals surface area contributed by atoms with Crippen molar-refractivity contribution in [3.05, 3.63) is 0 Å². The number of Topliss-reactive ketones (excluding diaryl/α,β-unsaturated/α-hetero) is 1. The molecule has 2 unspecified atom stereocenters. The van der Waals surface area contributed by atoms with Crippen molar-refractivity contribution >= 4 is 23.7 Å². The molecular weight excluding hydrogens is 837 g/mol. The molecule has 0 aliphatic rings. The summed E-state index contributed by atoms with van der Waals surface area (Å²) in [6.45, 7) is 7.76. The number of hydrogen-bond donors (Lipinski definition) is 4. The number of carboxylic acids is 3. The van der Waals surface area contributed by atoms with Crippen LogP contribution in [0.4, 0.5) is 0 Å². The van der Waals surface area contributed by atoms with Crippen molar-refractivity contribution in [3.63, 3.8) is 0 Å². The Morgan fingerprint density at radius 2 is 0.478 bits per heavy atom. The van der Waals surface area contributed by atoms with Crippen LogP contribution >= 0.6 is 0 Å². The molecule has 0 amide bonds. The summed E-state index contributed by atoms with van der Waals surface area (Å²) >= 11 is 0. The molecule has 0 heterocycles. The number of rotatable bonds is 54. The fourth-order valence-electron chi connectivity index (χ4n) is 11.0. The van der Waals surface area contributed by atoms with Crippen LogP contribution in [-0.4, -0.2) is 49.7 Å². The molecular formula is C59H112O8. The van der Waals surface area contributed by atoms with Crippen LogP contribution in [0.25, 0.3) is 0 Å². The van der Waals surface area contributed by atoms with Crippen LogP contribution in [0.15, 0.2) is 0 Å². The van der Waals surface area contributed by atoms with E-state index in [9.17, 15) is 39.6 Å². The molecule has 67 heavy (non-hydrogen) atoms. The van der Waals surface area contributed by atoms with Crippen LogP contribution in [0.5, 0.6) is 0 Å². The van der Waals surface area contributed by atoms with E-state index in [4.69, 9.17) is 0 Å². The molecule has 0 aromatic carbocycles. The first-order valence-corrected chi connectivity index (χ1v) is 29.4. The van der Waals surface area contributed by atoms with Gasteiger partial charge < -0.3 is 20.4 Å². The van der Waals surface area contributed by atoms with Gasteiger partial charge in [-0.15, -0.1) is 0 Å². The standard InChI is InChI=1S/C59H112O8/c1-5-8-11-14-17-20-23-26-29-32-35-38-41-44-47-50-57(54(61)62,51-48-45-42-39-36-33-30-27-24-21-18-15-12-9-6-2)59(67,56(65)66)58(53(4)60,55(63)64)52-49-46-43-40-37-34-31-28-25-22-19-16-13-10-7-3/h67H,5-52H2,1-4H3,(H,61,62)(H,63,64)(H,65,66). The Labute approximate surface area is 414 Å². The van der Waals surface area contributed by atoms with Crippen LogP contribution in [0, 0.1) is 10.8 Å². The lowest BCUT2D eigenvalue weighted by molar-refractivity contribution is -0.223. The average molecular weight is 950 g/mol. The second-order valence-corrected chi connectivity index (χ2v) is 21.3. The van der Waals surface area contributed by atoms with E-state index < -0.39 is 46.5 Å². The number of carbonyl (C=O) groups excluding carboxylic acids is 1. The third-order valence-electron chi connectivity index (χ3n) is 15.6. The highest BCUT2D eigenvalue weighted by Gasteiger charge is 2.74. The molecule has 0 aliphatic heterocycles. The molecule has 0 spiro atoms. The number of unbranched alkanes of at least 4 members (excludes halogenated alkanes) is 42. The summed E-state index contributed by atoms with van der Waals surface area (Å²) in [5.74, 6) is -6.17. The Morgan fingerprint density at radius 3 is 0.642 bits per heavy atom. The number of carboxylic acid groups (broad SMARTS) is 3. The number of ketones is 1. The topological polar surface area (TPSA) is 149 Å². The van der Waals surface area contributed by atoms with Crippen LogP contribution < -0.4 is 0 Å². The zero-order chi connectivity index (χ0) is 49.8. The highest BCUT2D eigenvalue weighted by atomic mass is 16.4. The molecule has 4 N–H and O–H groups in total. The first-order chi connectivity index (χ1) is 32.5. The lowest BCUT2D eigenvalue weighted by Crippen LogP contribution is -2.71. The monoisotopic (exact) mass is 949 g/mol. The van der Waals surface area contributed by atoms with Gasteiger partial charge in [0.2, 0.25) is 5.60 Å². The van der Waals surface area contributed by atoms with Gasteiger partial charge >= 0.3 is 17.9 Å². The smallest absolute Gasteiger partial charge is 0.338 e. The second kappa shape index (κ2) is 44.0. The first kappa shape index (κ1) is 65.0. The van der Waals surface area contributed by atoms with Crippen molar-refractivity contribution in [2.24, 2.45) is 10.8 Å². The molecule has 0 aromatic heterocycles. The maximum absolute atomic E-state index is 13.7. The second-order valence-electron chi connectivity index (χ2n) is 21.3. The largest absolute Gasteiger partial charge is 0.481 e.